The van der Waals surface area contributed by atoms with Crippen LogP contribution in [0.2, 0.25) is 0 Å². The average Bonchev–Trinajstić information content (AvgIpc) is 3.01. The van der Waals surface area contributed by atoms with Crippen molar-refractivity contribution in [2.75, 3.05) is 42.9 Å². The first-order valence-electron chi connectivity index (χ1n) is 15.0. The lowest BCUT2D eigenvalue weighted by Gasteiger charge is -2.43. The molecule has 0 aliphatic carbocycles. The van der Waals surface area contributed by atoms with Gasteiger partial charge in [-0.3, -0.25) is 9.69 Å². The van der Waals surface area contributed by atoms with Gasteiger partial charge in [0.25, 0.3) is 5.91 Å². The van der Waals surface area contributed by atoms with Crippen LogP contribution in [-0.2, 0) is 13.0 Å². The number of fused-ring (bicyclic) bond motifs is 1. The van der Waals surface area contributed by atoms with E-state index >= 15 is 0 Å². The van der Waals surface area contributed by atoms with Gasteiger partial charge in [0.15, 0.2) is 5.16 Å². The molecule has 0 saturated carbocycles. The number of nitrogens with one attached hydrogen (secondary N) is 1. The Labute approximate surface area is 252 Å². The second-order valence-corrected chi connectivity index (χ2v) is 13.3. The number of aromatic nitrogens is 4. The fraction of sp³-hybridized carbons (Fsp3) is 0.516. The van der Waals surface area contributed by atoms with Crippen molar-refractivity contribution in [1.29, 1.82) is 0 Å². The number of hydrogen-bond donors (Lipinski definition) is 2. The van der Waals surface area contributed by atoms with E-state index in [-0.39, 0.29) is 23.2 Å². The first-order chi connectivity index (χ1) is 20.4. The van der Waals surface area contributed by atoms with E-state index in [0.29, 0.717) is 29.8 Å². The molecule has 1 aromatic carbocycles. The van der Waals surface area contributed by atoms with E-state index in [2.05, 4.69) is 68.2 Å². The number of β-amino-alcohol motifs (C(OH)–C–C–N with tert-alkyl or cyclic N) is 1. The molecule has 1 amide bonds. The summed E-state index contributed by atoms with van der Waals surface area (Å²) in [6, 6.07) is 12.6. The van der Waals surface area contributed by atoms with Gasteiger partial charge in [0.1, 0.15) is 23.7 Å². The maximum Gasteiger partial charge on any atom is 0.272 e. The van der Waals surface area contributed by atoms with Crippen LogP contribution in [0.3, 0.4) is 0 Å². The maximum atomic E-state index is 13.7. The number of nitrogens with zero attached hydrogens (tertiary/aromatic N) is 7. The topological polar surface area (TPSA) is 111 Å². The predicted octanol–water partition coefficient (Wildman–Crippen LogP) is 3.48. The summed E-state index contributed by atoms with van der Waals surface area (Å²) in [6.45, 7) is 8.64. The molecule has 6 rings (SSSR count). The predicted molar refractivity (Wildman–Crippen MR) is 165 cm³/mol. The number of thioether (sulfide) groups is 1. The Hall–Kier alpha value is -3.28. The molecule has 42 heavy (non-hydrogen) atoms. The minimum atomic E-state index is -0.600. The second-order valence-electron chi connectivity index (χ2n) is 11.7. The van der Waals surface area contributed by atoms with Crippen molar-refractivity contribution in [2.45, 2.75) is 74.7 Å². The van der Waals surface area contributed by atoms with Crippen molar-refractivity contribution < 1.29 is 9.90 Å². The Morgan fingerprint density at radius 1 is 1.05 bits per heavy atom. The largest absolute Gasteiger partial charge is 0.390 e. The highest BCUT2D eigenvalue weighted by molar-refractivity contribution is 7.99. The molecule has 2 aromatic heterocycles. The molecule has 2 atom stereocenters. The Morgan fingerprint density at radius 3 is 2.60 bits per heavy atom. The van der Waals surface area contributed by atoms with Crippen LogP contribution >= 0.6 is 11.8 Å². The van der Waals surface area contributed by atoms with Crippen LogP contribution in [0.25, 0.3) is 0 Å². The van der Waals surface area contributed by atoms with Gasteiger partial charge in [-0.15, -0.1) is 0 Å². The van der Waals surface area contributed by atoms with Crippen molar-refractivity contribution in [3.8, 4) is 0 Å². The Balaban J connectivity index is 1.10. The zero-order valence-electron chi connectivity index (χ0n) is 24.4. The van der Waals surface area contributed by atoms with Crippen molar-refractivity contribution in [3.05, 3.63) is 65.7 Å². The minimum Gasteiger partial charge on any atom is -0.390 e. The zero-order valence-corrected chi connectivity index (χ0v) is 25.2. The molecule has 2 saturated heterocycles. The second kappa shape index (κ2) is 12.9. The summed E-state index contributed by atoms with van der Waals surface area (Å²) in [4.78, 5) is 38.0. The quantitative estimate of drug-likeness (QED) is 0.314. The van der Waals surface area contributed by atoms with E-state index in [1.807, 2.05) is 6.07 Å². The molecule has 3 aliphatic heterocycles. The third kappa shape index (κ3) is 6.68. The van der Waals surface area contributed by atoms with Gasteiger partial charge in [0.2, 0.25) is 0 Å². The van der Waals surface area contributed by atoms with Gasteiger partial charge in [0.05, 0.1) is 6.10 Å². The number of rotatable bonds is 7. The molecular weight excluding hydrogens is 548 g/mol. The van der Waals surface area contributed by atoms with E-state index < -0.39 is 6.10 Å². The van der Waals surface area contributed by atoms with Gasteiger partial charge in [-0.25, -0.2) is 19.9 Å². The standard InChI is InChI=1S/C31H40N8O2S/c1-21(2)42-31-35-25(17-28(36-31)34-24-9-14-37(15-10-24)29-7-12-32-20-33-29)30(41)39-16-11-26(27(40)19-39)38-13-8-22-5-3-4-6-23(22)18-38/h3-7,12,17,20-21,24,26-27,40H,8-11,13-16,18-19H2,1-2H3,(H,34,35,36)/t26-,27-/m1/s1. The molecule has 0 unspecified atom stereocenters. The number of benzene rings is 1. The van der Waals surface area contributed by atoms with E-state index in [9.17, 15) is 9.90 Å². The number of aliphatic hydroxyl groups excluding tert-OH is 1. The van der Waals surface area contributed by atoms with Crippen molar-refractivity contribution in [1.82, 2.24) is 29.7 Å². The number of amides is 1. The molecule has 11 heteroatoms. The van der Waals surface area contributed by atoms with Gasteiger partial charge in [-0.2, -0.15) is 0 Å². The van der Waals surface area contributed by atoms with Crippen molar-refractivity contribution in [3.63, 3.8) is 0 Å². The van der Waals surface area contributed by atoms with Crippen molar-refractivity contribution in [2.24, 2.45) is 0 Å². The Morgan fingerprint density at radius 2 is 1.86 bits per heavy atom. The molecule has 5 heterocycles. The molecule has 2 N–H and O–H groups in total. The normalized spacial score (nSPS) is 21.8. The van der Waals surface area contributed by atoms with Crippen molar-refractivity contribution >= 4 is 29.3 Å². The molecular formula is C31H40N8O2S. The van der Waals surface area contributed by atoms with Gasteiger partial charge in [0, 0.05) is 68.9 Å². The highest BCUT2D eigenvalue weighted by atomic mass is 32.2. The monoisotopic (exact) mass is 588 g/mol. The number of aliphatic hydroxyl groups is 1. The number of likely N-dealkylation sites (tertiary alicyclic amines) is 1. The van der Waals surface area contributed by atoms with Crippen LogP contribution in [0.1, 0.15) is 54.7 Å². The lowest BCUT2D eigenvalue weighted by molar-refractivity contribution is -0.0139. The first kappa shape index (κ1) is 28.8. The molecule has 2 fully saturated rings. The molecule has 3 aliphatic rings. The van der Waals surface area contributed by atoms with E-state index in [1.54, 1.807) is 35.3 Å². The van der Waals surface area contributed by atoms with Crippen LogP contribution in [0, 0.1) is 0 Å². The lowest BCUT2D eigenvalue weighted by atomic mass is 9.94. The van der Waals surface area contributed by atoms with Gasteiger partial charge < -0.3 is 20.2 Å². The minimum absolute atomic E-state index is 0.0466. The summed E-state index contributed by atoms with van der Waals surface area (Å²) in [5.74, 6) is 1.48. The number of piperidine rings is 2. The average molecular weight is 589 g/mol. The summed E-state index contributed by atoms with van der Waals surface area (Å²) in [5, 5.41) is 15.6. The molecule has 0 bridgehead atoms. The fourth-order valence-corrected chi connectivity index (χ4v) is 7.02. The first-order valence-corrected chi connectivity index (χ1v) is 15.9. The van der Waals surface area contributed by atoms with E-state index in [4.69, 9.17) is 4.98 Å². The van der Waals surface area contributed by atoms with E-state index in [0.717, 1.165) is 57.7 Å². The maximum absolute atomic E-state index is 13.7. The number of carbonyl (C=O) groups is 1. The number of anilines is 2. The Kier molecular flexibility index (Phi) is 8.87. The fourth-order valence-electron chi connectivity index (χ4n) is 6.30. The summed E-state index contributed by atoms with van der Waals surface area (Å²) in [6.07, 6.45) is 6.36. The third-order valence-corrected chi connectivity index (χ3v) is 9.33. The van der Waals surface area contributed by atoms with Crippen LogP contribution in [0.4, 0.5) is 11.6 Å². The molecule has 3 aromatic rings. The van der Waals surface area contributed by atoms with Gasteiger partial charge in [-0.1, -0.05) is 49.9 Å². The summed E-state index contributed by atoms with van der Waals surface area (Å²) in [5.41, 5.74) is 3.12. The summed E-state index contributed by atoms with van der Waals surface area (Å²) < 4.78 is 0. The van der Waals surface area contributed by atoms with E-state index in [1.165, 1.54) is 11.1 Å². The SMILES string of the molecule is CC(C)Sc1nc(NC2CCN(c3ccncn3)CC2)cc(C(=O)N2CC[C@@H](N3CCc4ccccc4C3)[C@H](O)C2)n1. The van der Waals surface area contributed by atoms with Crippen LogP contribution in [0.15, 0.2) is 54.1 Å². The van der Waals surface area contributed by atoms with Crippen LogP contribution in [-0.4, -0.2) is 96.9 Å². The zero-order chi connectivity index (χ0) is 29.1. The highest BCUT2D eigenvalue weighted by Crippen LogP contribution is 2.28. The lowest BCUT2D eigenvalue weighted by Crippen LogP contribution is -2.56. The highest BCUT2D eigenvalue weighted by Gasteiger charge is 2.36. The molecule has 10 nitrogen and oxygen atoms in total. The van der Waals surface area contributed by atoms with Crippen LogP contribution in [0.5, 0.6) is 0 Å². The molecule has 222 valence electrons. The number of hydrogen-bond acceptors (Lipinski definition) is 10. The van der Waals surface area contributed by atoms with Gasteiger partial charge in [-0.05, 0) is 42.9 Å². The third-order valence-electron chi connectivity index (χ3n) is 8.47. The Bertz CT molecular complexity index is 1370. The molecule has 0 radical (unpaired) electrons. The van der Waals surface area contributed by atoms with Gasteiger partial charge >= 0.3 is 0 Å². The summed E-state index contributed by atoms with van der Waals surface area (Å²) in [7, 11) is 0. The molecule has 0 spiro atoms. The number of carbonyl (C=O) groups excluding carboxylic acids is 1. The van der Waals surface area contributed by atoms with Crippen LogP contribution < -0.4 is 10.2 Å². The smallest absolute Gasteiger partial charge is 0.272 e. The summed E-state index contributed by atoms with van der Waals surface area (Å²) >= 11 is 1.55.